The fourth-order valence-corrected chi connectivity index (χ4v) is 3.41. The Hall–Kier alpha value is -2.73. The highest BCUT2D eigenvalue weighted by molar-refractivity contribution is 5.80. The minimum atomic E-state index is -0.255. The second kappa shape index (κ2) is 6.88. The average molecular weight is 350 g/mol. The van der Waals surface area contributed by atoms with Crippen LogP contribution in [0.3, 0.4) is 0 Å². The van der Waals surface area contributed by atoms with E-state index in [2.05, 4.69) is 21.8 Å². The first-order valence-electron chi connectivity index (χ1n) is 8.88. The maximum absolute atomic E-state index is 9.98. The molecule has 6 heteroatoms. The number of aliphatic hydroxyl groups excluding tert-OH is 1. The van der Waals surface area contributed by atoms with Crippen LogP contribution in [0.4, 0.5) is 5.95 Å². The molecule has 3 aromatic rings. The van der Waals surface area contributed by atoms with Gasteiger partial charge < -0.3 is 14.4 Å². The van der Waals surface area contributed by atoms with E-state index in [9.17, 15) is 5.11 Å². The number of hydrogen-bond donors (Lipinski definition) is 1. The molecule has 1 N–H and O–H groups in total. The second-order valence-electron chi connectivity index (χ2n) is 6.88. The van der Waals surface area contributed by atoms with E-state index >= 15 is 0 Å². The van der Waals surface area contributed by atoms with Crippen molar-refractivity contribution in [3.8, 4) is 22.6 Å². The molecule has 1 saturated heterocycles. The van der Waals surface area contributed by atoms with Gasteiger partial charge in [-0.25, -0.2) is 9.97 Å². The van der Waals surface area contributed by atoms with Crippen LogP contribution in [0.2, 0.25) is 0 Å². The molecule has 3 aromatic heterocycles. The summed E-state index contributed by atoms with van der Waals surface area (Å²) in [6, 6.07) is 5.74. The zero-order chi connectivity index (χ0) is 18.1. The van der Waals surface area contributed by atoms with Crippen molar-refractivity contribution in [3.05, 3.63) is 48.6 Å². The van der Waals surface area contributed by atoms with Gasteiger partial charge in [-0.05, 0) is 48.6 Å². The van der Waals surface area contributed by atoms with E-state index in [1.165, 1.54) is 0 Å². The first-order chi connectivity index (χ1) is 12.6. The molecule has 0 amide bonds. The van der Waals surface area contributed by atoms with Crippen molar-refractivity contribution in [2.45, 2.75) is 26.4 Å². The summed E-state index contributed by atoms with van der Waals surface area (Å²) >= 11 is 0. The van der Waals surface area contributed by atoms with Gasteiger partial charge in [0.05, 0.1) is 12.4 Å². The van der Waals surface area contributed by atoms with Gasteiger partial charge in [0.25, 0.3) is 0 Å². The van der Waals surface area contributed by atoms with Crippen molar-refractivity contribution in [3.63, 3.8) is 0 Å². The molecule has 2 atom stereocenters. The molecule has 0 spiro atoms. The third-order valence-electron chi connectivity index (χ3n) is 4.98. The summed E-state index contributed by atoms with van der Waals surface area (Å²) in [4.78, 5) is 15.8. The van der Waals surface area contributed by atoms with Crippen LogP contribution in [0.1, 0.15) is 18.9 Å². The number of aromatic nitrogens is 3. The SMILES string of the molecule is Cc1cnccc1-c1cnc(N2CC[C@@H](O)[C@@H](C)C2)nc1-c1ccco1. The Kier molecular flexibility index (Phi) is 4.42. The van der Waals surface area contributed by atoms with E-state index < -0.39 is 0 Å². The van der Waals surface area contributed by atoms with E-state index in [0.29, 0.717) is 11.7 Å². The fraction of sp³-hybridized carbons (Fsp3) is 0.350. The number of aryl methyl sites for hydroxylation is 1. The molecule has 0 radical (unpaired) electrons. The van der Waals surface area contributed by atoms with Crippen molar-refractivity contribution >= 4 is 5.95 Å². The minimum absolute atomic E-state index is 0.196. The van der Waals surface area contributed by atoms with Crippen molar-refractivity contribution in [1.82, 2.24) is 15.0 Å². The fourth-order valence-electron chi connectivity index (χ4n) is 3.41. The molecule has 1 aliphatic rings. The van der Waals surface area contributed by atoms with Crippen LogP contribution in [0, 0.1) is 12.8 Å². The lowest BCUT2D eigenvalue weighted by Gasteiger charge is -2.34. The predicted octanol–water partition coefficient (Wildman–Crippen LogP) is 3.31. The highest BCUT2D eigenvalue weighted by atomic mass is 16.3. The molecule has 4 heterocycles. The molecule has 6 nitrogen and oxygen atoms in total. The first-order valence-corrected chi connectivity index (χ1v) is 8.88. The smallest absolute Gasteiger partial charge is 0.226 e. The third-order valence-corrected chi connectivity index (χ3v) is 4.98. The van der Waals surface area contributed by atoms with Crippen LogP contribution >= 0.6 is 0 Å². The highest BCUT2D eigenvalue weighted by Gasteiger charge is 2.26. The summed E-state index contributed by atoms with van der Waals surface area (Å²) in [5.41, 5.74) is 3.80. The number of hydrogen-bond acceptors (Lipinski definition) is 6. The van der Waals surface area contributed by atoms with Gasteiger partial charge in [-0.2, -0.15) is 0 Å². The van der Waals surface area contributed by atoms with Gasteiger partial charge in [0, 0.05) is 37.2 Å². The number of furan rings is 1. The second-order valence-corrected chi connectivity index (χ2v) is 6.88. The van der Waals surface area contributed by atoms with Crippen molar-refractivity contribution in [1.29, 1.82) is 0 Å². The van der Waals surface area contributed by atoms with E-state index in [-0.39, 0.29) is 12.0 Å². The summed E-state index contributed by atoms with van der Waals surface area (Å²) in [7, 11) is 0. The monoisotopic (exact) mass is 350 g/mol. The quantitative estimate of drug-likeness (QED) is 0.781. The summed E-state index contributed by atoms with van der Waals surface area (Å²) in [5, 5.41) is 9.98. The average Bonchev–Trinajstić information content (AvgIpc) is 3.19. The normalized spacial score (nSPS) is 20.3. The van der Waals surface area contributed by atoms with Crippen LogP contribution in [0.25, 0.3) is 22.6 Å². The summed E-state index contributed by atoms with van der Waals surface area (Å²) in [6.45, 7) is 5.57. The molecule has 134 valence electrons. The standard InChI is InChI=1S/C20H22N4O2/c1-13-10-21-7-5-15(13)16-11-22-20(23-19(16)18-4-3-9-26-18)24-8-6-17(25)14(2)12-24/h3-5,7,9-11,14,17,25H,6,8,12H2,1-2H3/t14-,17+/m0/s1. The van der Waals surface area contributed by atoms with E-state index in [1.54, 1.807) is 12.5 Å². The minimum Gasteiger partial charge on any atom is -0.463 e. The topological polar surface area (TPSA) is 75.3 Å². The predicted molar refractivity (Wildman–Crippen MR) is 99.7 cm³/mol. The van der Waals surface area contributed by atoms with Crippen LogP contribution in [-0.2, 0) is 0 Å². The lowest BCUT2D eigenvalue weighted by molar-refractivity contribution is 0.0966. The Morgan fingerprint density at radius 2 is 2.12 bits per heavy atom. The van der Waals surface area contributed by atoms with Crippen molar-refractivity contribution < 1.29 is 9.52 Å². The zero-order valence-electron chi connectivity index (χ0n) is 15.0. The Morgan fingerprint density at radius 3 is 2.85 bits per heavy atom. The molecule has 26 heavy (non-hydrogen) atoms. The number of rotatable bonds is 3. The molecular formula is C20H22N4O2. The van der Waals surface area contributed by atoms with E-state index in [4.69, 9.17) is 9.40 Å². The van der Waals surface area contributed by atoms with Gasteiger partial charge >= 0.3 is 0 Å². The molecule has 1 fully saturated rings. The van der Waals surface area contributed by atoms with Gasteiger partial charge in [-0.1, -0.05) is 6.92 Å². The van der Waals surface area contributed by atoms with Gasteiger partial charge in [-0.3, -0.25) is 4.98 Å². The summed E-state index contributed by atoms with van der Waals surface area (Å²) in [6.07, 6.45) is 7.59. The zero-order valence-corrected chi connectivity index (χ0v) is 15.0. The number of pyridine rings is 1. The van der Waals surface area contributed by atoms with Crippen LogP contribution in [0.5, 0.6) is 0 Å². The molecule has 4 rings (SSSR count). The van der Waals surface area contributed by atoms with E-state index in [1.807, 2.05) is 37.5 Å². The summed E-state index contributed by atoms with van der Waals surface area (Å²) in [5.74, 6) is 1.58. The molecule has 1 aliphatic heterocycles. The third kappa shape index (κ3) is 3.08. The lowest BCUT2D eigenvalue weighted by Crippen LogP contribution is -2.42. The first kappa shape index (κ1) is 16.7. The van der Waals surface area contributed by atoms with Crippen LogP contribution in [-0.4, -0.2) is 39.3 Å². The maximum atomic E-state index is 9.98. The van der Waals surface area contributed by atoms with Crippen LogP contribution in [0.15, 0.2) is 47.5 Å². The maximum Gasteiger partial charge on any atom is 0.226 e. The summed E-state index contributed by atoms with van der Waals surface area (Å²) < 4.78 is 5.64. The highest BCUT2D eigenvalue weighted by Crippen LogP contribution is 2.33. The molecule has 0 unspecified atom stereocenters. The van der Waals surface area contributed by atoms with Crippen LogP contribution < -0.4 is 4.90 Å². The molecule has 0 bridgehead atoms. The van der Waals surface area contributed by atoms with E-state index in [0.717, 1.165) is 41.9 Å². The van der Waals surface area contributed by atoms with Crippen molar-refractivity contribution in [2.75, 3.05) is 18.0 Å². The number of nitrogens with zero attached hydrogens (tertiary/aromatic N) is 4. The molecule has 0 aromatic carbocycles. The Morgan fingerprint density at radius 1 is 1.23 bits per heavy atom. The van der Waals surface area contributed by atoms with Gasteiger partial charge in [0.15, 0.2) is 5.76 Å². The van der Waals surface area contributed by atoms with Gasteiger partial charge in [-0.15, -0.1) is 0 Å². The Bertz CT molecular complexity index is 895. The Balaban J connectivity index is 1.78. The van der Waals surface area contributed by atoms with Gasteiger partial charge in [0.2, 0.25) is 5.95 Å². The number of aliphatic hydroxyl groups is 1. The van der Waals surface area contributed by atoms with Crippen molar-refractivity contribution in [2.24, 2.45) is 5.92 Å². The molecule has 0 aliphatic carbocycles. The number of anilines is 1. The number of piperidine rings is 1. The molecular weight excluding hydrogens is 328 g/mol. The lowest BCUT2D eigenvalue weighted by atomic mass is 9.97. The Labute approximate surface area is 152 Å². The molecule has 0 saturated carbocycles. The van der Waals surface area contributed by atoms with Gasteiger partial charge in [0.1, 0.15) is 5.69 Å². The largest absolute Gasteiger partial charge is 0.463 e.